The summed E-state index contributed by atoms with van der Waals surface area (Å²) in [6.45, 7) is 2.09. The molecule has 0 spiro atoms. The predicted octanol–water partition coefficient (Wildman–Crippen LogP) is 2.94. The summed E-state index contributed by atoms with van der Waals surface area (Å²) in [5.41, 5.74) is 0.865. The van der Waals surface area contributed by atoms with Gasteiger partial charge in [-0.1, -0.05) is 11.3 Å². The fraction of sp³-hybridized carbons (Fsp3) is 0.462. The largest absolute Gasteiger partial charge is 0.360 e. The van der Waals surface area contributed by atoms with Crippen molar-refractivity contribution in [3.05, 3.63) is 24.0 Å². The van der Waals surface area contributed by atoms with Gasteiger partial charge in [0.15, 0.2) is 5.13 Å². The van der Waals surface area contributed by atoms with E-state index in [9.17, 15) is 4.39 Å². The third kappa shape index (κ3) is 2.33. The maximum Gasteiger partial charge on any atom is 0.183 e. The quantitative estimate of drug-likeness (QED) is 0.925. The fourth-order valence-electron chi connectivity index (χ4n) is 2.42. The molecule has 1 unspecified atom stereocenters. The Morgan fingerprint density at radius 1 is 1.56 bits per heavy atom. The summed E-state index contributed by atoms with van der Waals surface area (Å²) >= 11 is 1.52. The number of fused-ring (bicyclic) bond motifs is 1. The average Bonchev–Trinajstić information content (AvgIpc) is 2.92. The molecule has 0 aliphatic carbocycles. The van der Waals surface area contributed by atoms with E-state index in [0.717, 1.165) is 21.9 Å². The van der Waals surface area contributed by atoms with E-state index in [1.165, 1.54) is 36.8 Å². The number of likely N-dealkylation sites (N-methyl/N-ethyl adjacent to an activating group) is 1. The molecule has 2 aromatic rings. The average molecular weight is 265 g/mol. The van der Waals surface area contributed by atoms with Crippen LogP contribution in [0.3, 0.4) is 0 Å². The summed E-state index contributed by atoms with van der Waals surface area (Å²) in [4.78, 5) is 6.84. The van der Waals surface area contributed by atoms with Gasteiger partial charge in [0.1, 0.15) is 5.82 Å². The molecular weight excluding hydrogens is 249 g/mol. The molecule has 1 atom stereocenters. The second kappa shape index (κ2) is 4.82. The first-order valence-electron chi connectivity index (χ1n) is 6.22. The van der Waals surface area contributed by atoms with Gasteiger partial charge in [0.05, 0.1) is 10.2 Å². The number of aromatic nitrogens is 1. The smallest absolute Gasteiger partial charge is 0.183 e. The van der Waals surface area contributed by atoms with Crippen LogP contribution in [0, 0.1) is 5.82 Å². The number of hydrogen-bond acceptors (Lipinski definition) is 4. The molecule has 1 aromatic heterocycles. The molecule has 0 bridgehead atoms. The molecular formula is C13H16FN3S. The highest BCUT2D eigenvalue weighted by molar-refractivity contribution is 7.22. The Hall–Kier alpha value is -1.20. The molecule has 0 amide bonds. The molecule has 3 nitrogen and oxygen atoms in total. The van der Waals surface area contributed by atoms with Crippen molar-refractivity contribution in [2.24, 2.45) is 0 Å². The fourth-order valence-corrected chi connectivity index (χ4v) is 3.31. The number of anilines is 1. The lowest BCUT2D eigenvalue weighted by atomic mass is 10.2. The molecule has 1 aliphatic rings. The van der Waals surface area contributed by atoms with E-state index in [1.807, 2.05) is 0 Å². The highest BCUT2D eigenvalue weighted by atomic mass is 32.1. The van der Waals surface area contributed by atoms with E-state index in [2.05, 4.69) is 22.2 Å². The van der Waals surface area contributed by atoms with Gasteiger partial charge in [-0.05, 0) is 44.6 Å². The first kappa shape index (κ1) is 11.9. The minimum atomic E-state index is -0.201. The van der Waals surface area contributed by atoms with Crippen molar-refractivity contribution in [1.82, 2.24) is 9.88 Å². The molecule has 5 heteroatoms. The van der Waals surface area contributed by atoms with Crippen LogP contribution < -0.4 is 5.32 Å². The Morgan fingerprint density at radius 2 is 2.44 bits per heavy atom. The van der Waals surface area contributed by atoms with Crippen LogP contribution in [0.5, 0.6) is 0 Å². The number of halogens is 1. The van der Waals surface area contributed by atoms with Gasteiger partial charge in [0.25, 0.3) is 0 Å². The van der Waals surface area contributed by atoms with Crippen LogP contribution in [-0.2, 0) is 0 Å². The SMILES string of the molecule is CN1CCCC1CNc1nc2ccc(F)cc2s1. The molecule has 1 aromatic carbocycles. The minimum Gasteiger partial charge on any atom is -0.360 e. The molecule has 96 valence electrons. The van der Waals surface area contributed by atoms with Crippen molar-refractivity contribution in [3.63, 3.8) is 0 Å². The summed E-state index contributed by atoms with van der Waals surface area (Å²) in [6, 6.07) is 5.32. The van der Waals surface area contributed by atoms with E-state index in [1.54, 1.807) is 12.1 Å². The van der Waals surface area contributed by atoms with Gasteiger partial charge >= 0.3 is 0 Å². The second-order valence-corrected chi connectivity index (χ2v) is 5.82. The second-order valence-electron chi connectivity index (χ2n) is 4.79. The third-order valence-electron chi connectivity index (χ3n) is 3.51. The van der Waals surface area contributed by atoms with Gasteiger partial charge in [0, 0.05) is 12.6 Å². The van der Waals surface area contributed by atoms with E-state index >= 15 is 0 Å². The monoisotopic (exact) mass is 265 g/mol. The topological polar surface area (TPSA) is 28.2 Å². The lowest BCUT2D eigenvalue weighted by molar-refractivity contribution is 0.322. The van der Waals surface area contributed by atoms with Crippen LogP contribution in [0.4, 0.5) is 9.52 Å². The van der Waals surface area contributed by atoms with Crippen molar-refractivity contribution in [2.45, 2.75) is 18.9 Å². The Morgan fingerprint density at radius 3 is 3.22 bits per heavy atom. The maximum atomic E-state index is 13.1. The third-order valence-corrected chi connectivity index (χ3v) is 4.49. The number of rotatable bonds is 3. The Labute approximate surface area is 110 Å². The predicted molar refractivity (Wildman–Crippen MR) is 73.7 cm³/mol. The lowest BCUT2D eigenvalue weighted by Gasteiger charge is -2.19. The van der Waals surface area contributed by atoms with Crippen molar-refractivity contribution in [1.29, 1.82) is 0 Å². The van der Waals surface area contributed by atoms with Gasteiger partial charge in [0.2, 0.25) is 0 Å². The zero-order valence-electron chi connectivity index (χ0n) is 10.3. The van der Waals surface area contributed by atoms with Gasteiger partial charge < -0.3 is 10.2 Å². The maximum absolute atomic E-state index is 13.1. The summed E-state index contributed by atoms with van der Waals surface area (Å²) in [6.07, 6.45) is 2.51. The molecule has 0 radical (unpaired) electrons. The first-order chi connectivity index (χ1) is 8.72. The summed E-state index contributed by atoms with van der Waals surface area (Å²) < 4.78 is 14.0. The summed E-state index contributed by atoms with van der Waals surface area (Å²) in [5.74, 6) is -0.201. The number of benzene rings is 1. The van der Waals surface area contributed by atoms with Gasteiger partial charge in [-0.25, -0.2) is 9.37 Å². The van der Waals surface area contributed by atoms with E-state index in [-0.39, 0.29) is 5.82 Å². The minimum absolute atomic E-state index is 0.201. The van der Waals surface area contributed by atoms with E-state index in [0.29, 0.717) is 6.04 Å². The van der Waals surface area contributed by atoms with Crippen molar-refractivity contribution in [2.75, 3.05) is 25.5 Å². The highest BCUT2D eigenvalue weighted by Crippen LogP contribution is 2.27. The number of hydrogen-bond donors (Lipinski definition) is 1. The molecule has 0 saturated carbocycles. The van der Waals surface area contributed by atoms with Crippen LogP contribution in [0.15, 0.2) is 18.2 Å². The number of thiazole rings is 1. The van der Waals surface area contributed by atoms with E-state index < -0.39 is 0 Å². The van der Waals surface area contributed by atoms with Crippen molar-refractivity contribution in [3.8, 4) is 0 Å². The van der Waals surface area contributed by atoms with Crippen LogP contribution in [0.2, 0.25) is 0 Å². The highest BCUT2D eigenvalue weighted by Gasteiger charge is 2.20. The normalized spacial score (nSPS) is 20.7. The van der Waals surface area contributed by atoms with Gasteiger partial charge in [-0.15, -0.1) is 0 Å². The molecule has 1 N–H and O–H groups in total. The lowest BCUT2D eigenvalue weighted by Crippen LogP contribution is -2.31. The molecule has 3 rings (SSSR count). The van der Waals surface area contributed by atoms with Crippen LogP contribution in [0.25, 0.3) is 10.2 Å². The molecule has 2 heterocycles. The Bertz CT molecular complexity index is 554. The molecule has 18 heavy (non-hydrogen) atoms. The standard InChI is InChI=1S/C13H16FN3S/c1-17-6-2-3-10(17)8-15-13-16-11-5-4-9(14)7-12(11)18-13/h4-5,7,10H,2-3,6,8H2,1H3,(H,15,16). The van der Waals surface area contributed by atoms with Crippen molar-refractivity contribution < 1.29 is 4.39 Å². The molecule has 1 saturated heterocycles. The summed E-state index contributed by atoms with van der Waals surface area (Å²) in [7, 11) is 2.16. The van der Waals surface area contributed by atoms with Crippen molar-refractivity contribution >= 4 is 26.7 Å². The van der Waals surface area contributed by atoms with Gasteiger partial charge in [-0.2, -0.15) is 0 Å². The summed E-state index contributed by atoms with van der Waals surface area (Å²) in [5, 5.41) is 4.25. The first-order valence-corrected chi connectivity index (χ1v) is 7.04. The number of nitrogens with zero attached hydrogens (tertiary/aromatic N) is 2. The van der Waals surface area contributed by atoms with Crippen LogP contribution in [-0.4, -0.2) is 36.1 Å². The Kier molecular flexibility index (Phi) is 3.18. The Balaban J connectivity index is 1.71. The number of nitrogens with one attached hydrogen (secondary N) is 1. The molecule has 1 aliphatic heterocycles. The van der Waals surface area contributed by atoms with Gasteiger partial charge in [-0.3, -0.25) is 0 Å². The number of likely N-dealkylation sites (tertiary alicyclic amines) is 1. The zero-order chi connectivity index (χ0) is 12.5. The van der Waals surface area contributed by atoms with Crippen LogP contribution in [0.1, 0.15) is 12.8 Å². The zero-order valence-corrected chi connectivity index (χ0v) is 11.1. The van der Waals surface area contributed by atoms with E-state index in [4.69, 9.17) is 0 Å². The molecule has 1 fully saturated rings. The van der Waals surface area contributed by atoms with Crippen LogP contribution >= 0.6 is 11.3 Å².